The summed E-state index contributed by atoms with van der Waals surface area (Å²) in [6.07, 6.45) is 3.69. The molecule has 0 spiro atoms. The second-order valence-corrected chi connectivity index (χ2v) is 9.85. The molecule has 4 aromatic rings. The molecule has 0 atom stereocenters. The zero-order valence-electron chi connectivity index (χ0n) is 20.1. The summed E-state index contributed by atoms with van der Waals surface area (Å²) >= 11 is 6.74. The molecule has 2 heterocycles. The van der Waals surface area contributed by atoms with Crippen molar-refractivity contribution < 1.29 is 18.7 Å². The van der Waals surface area contributed by atoms with Crippen LogP contribution in [0.3, 0.4) is 0 Å². The fraction of sp³-hybridized carbons (Fsp3) is 0.107. The summed E-state index contributed by atoms with van der Waals surface area (Å²) in [5.74, 6) is 0.653. The molecule has 0 unspecified atom stereocenters. The van der Waals surface area contributed by atoms with Crippen LogP contribution in [0.1, 0.15) is 11.1 Å². The molecule has 1 amide bonds. The number of methoxy groups -OCH3 is 2. The number of hydrogen-bond donors (Lipinski definition) is 0. The summed E-state index contributed by atoms with van der Waals surface area (Å²) in [7, 11) is 3.17. The van der Waals surface area contributed by atoms with E-state index in [1.165, 1.54) is 28.8 Å². The first-order valence-electron chi connectivity index (χ1n) is 11.3. The molecule has 5 rings (SSSR count). The standard InChI is InChI=1S/C28H22FN3O3S2/c1-34-23-13-10-19(14-24(23)35-2)26-20(17-32(30-26)22-6-4-3-5-7-22)15-25-27(33)31(28(36)37-25)16-18-8-11-21(29)12-9-18/h3-15,17H,16H2,1-2H3. The molecule has 0 radical (unpaired) electrons. The van der Waals surface area contributed by atoms with E-state index in [0.29, 0.717) is 26.4 Å². The average molecular weight is 532 g/mol. The number of rotatable bonds is 7. The van der Waals surface area contributed by atoms with E-state index >= 15 is 0 Å². The van der Waals surface area contributed by atoms with Crippen molar-refractivity contribution in [3.63, 3.8) is 0 Å². The van der Waals surface area contributed by atoms with Crippen molar-refractivity contribution in [2.75, 3.05) is 14.2 Å². The SMILES string of the molecule is COc1ccc(-c2nn(-c3ccccc3)cc2C=C2SC(=S)N(Cc3ccc(F)cc3)C2=O)cc1OC. The summed E-state index contributed by atoms with van der Waals surface area (Å²) in [6.45, 7) is 0.272. The maximum Gasteiger partial charge on any atom is 0.266 e. The number of aromatic nitrogens is 2. The van der Waals surface area contributed by atoms with Gasteiger partial charge in [0.2, 0.25) is 0 Å². The minimum atomic E-state index is -0.327. The van der Waals surface area contributed by atoms with Crippen molar-refractivity contribution in [2.45, 2.75) is 6.54 Å². The number of amides is 1. The third-order valence-corrected chi connectivity index (χ3v) is 7.21. The molecule has 9 heteroatoms. The van der Waals surface area contributed by atoms with E-state index in [-0.39, 0.29) is 18.3 Å². The topological polar surface area (TPSA) is 56.6 Å². The maximum atomic E-state index is 13.3. The van der Waals surface area contributed by atoms with Crippen molar-refractivity contribution in [1.82, 2.24) is 14.7 Å². The fourth-order valence-electron chi connectivity index (χ4n) is 3.96. The van der Waals surface area contributed by atoms with Gasteiger partial charge in [0, 0.05) is 17.3 Å². The van der Waals surface area contributed by atoms with Crippen LogP contribution < -0.4 is 9.47 Å². The van der Waals surface area contributed by atoms with Gasteiger partial charge >= 0.3 is 0 Å². The molecule has 0 N–H and O–H groups in total. The zero-order chi connectivity index (χ0) is 25.9. The van der Waals surface area contributed by atoms with Crippen LogP contribution in [0.25, 0.3) is 23.0 Å². The third-order valence-electron chi connectivity index (χ3n) is 5.83. The maximum absolute atomic E-state index is 13.3. The second-order valence-electron chi connectivity index (χ2n) is 8.18. The second kappa shape index (κ2) is 10.6. The van der Waals surface area contributed by atoms with E-state index in [1.807, 2.05) is 60.8 Å². The number of hydrogen-bond acceptors (Lipinski definition) is 6. The first-order valence-corrected chi connectivity index (χ1v) is 12.6. The number of nitrogens with zero attached hydrogens (tertiary/aromatic N) is 3. The largest absolute Gasteiger partial charge is 0.493 e. The molecule has 37 heavy (non-hydrogen) atoms. The Balaban J connectivity index is 1.54. The molecule has 0 aliphatic carbocycles. The van der Waals surface area contributed by atoms with Crippen LogP contribution in [0, 0.1) is 5.82 Å². The number of thiocarbonyl (C=S) groups is 1. The number of benzene rings is 3. The van der Waals surface area contributed by atoms with Gasteiger partial charge in [0.15, 0.2) is 11.5 Å². The van der Waals surface area contributed by atoms with Crippen molar-refractivity contribution in [3.8, 4) is 28.4 Å². The lowest BCUT2D eigenvalue weighted by Gasteiger charge is -2.14. The van der Waals surface area contributed by atoms with Crippen molar-refractivity contribution in [3.05, 3.63) is 101 Å². The minimum absolute atomic E-state index is 0.204. The Labute approximate surface area is 223 Å². The summed E-state index contributed by atoms with van der Waals surface area (Å²) in [5, 5.41) is 4.84. The number of para-hydroxylation sites is 1. The van der Waals surface area contributed by atoms with Gasteiger partial charge in [-0.05, 0) is 54.1 Å². The van der Waals surface area contributed by atoms with Gasteiger partial charge in [-0.1, -0.05) is 54.3 Å². The van der Waals surface area contributed by atoms with Gasteiger partial charge < -0.3 is 9.47 Å². The van der Waals surface area contributed by atoms with Crippen LogP contribution in [-0.4, -0.2) is 39.1 Å². The van der Waals surface area contributed by atoms with Crippen molar-refractivity contribution >= 4 is 40.3 Å². The number of carbonyl (C=O) groups is 1. The van der Waals surface area contributed by atoms with Gasteiger partial charge in [-0.2, -0.15) is 5.10 Å². The molecule has 1 aromatic heterocycles. The minimum Gasteiger partial charge on any atom is -0.493 e. The highest BCUT2D eigenvalue weighted by molar-refractivity contribution is 8.26. The Hall–Kier alpha value is -3.95. The lowest BCUT2D eigenvalue weighted by Crippen LogP contribution is -2.27. The first kappa shape index (κ1) is 24.7. The molecule has 6 nitrogen and oxygen atoms in total. The third kappa shape index (κ3) is 5.14. The van der Waals surface area contributed by atoms with Gasteiger partial charge in [0.05, 0.1) is 31.4 Å². The number of halogens is 1. The highest BCUT2D eigenvalue weighted by Gasteiger charge is 2.32. The van der Waals surface area contributed by atoms with Gasteiger partial charge in [-0.25, -0.2) is 9.07 Å². The van der Waals surface area contributed by atoms with Crippen molar-refractivity contribution in [2.24, 2.45) is 0 Å². The Morgan fingerprint density at radius 1 is 1.00 bits per heavy atom. The summed E-state index contributed by atoms with van der Waals surface area (Å²) in [6, 6.07) is 21.3. The molecule has 1 aliphatic rings. The summed E-state index contributed by atoms with van der Waals surface area (Å²) in [4.78, 5) is 15.3. The predicted molar refractivity (Wildman–Crippen MR) is 147 cm³/mol. The summed E-state index contributed by atoms with van der Waals surface area (Å²) < 4.78 is 26.4. The Bertz CT molecular complexity index is 1500. The van der Waals surface area contributed by atoms with Gasteiger partial charge in [0.25, 0.3) is 5.91 Å². The summed E-state index contributed by atoms with van der Waals surface area (Å²) in [5.41, 5.74) is 3.90. The number of ether oxygens (including phenoxy) is 2. The van der Waals surface area contributed by atoms with Crippen LogP contribution in [0.15, 0.2) is 83.9 Å². The first-order chi connectivity index (χ1) is 18.0. The van der Waals surface area contributed by atoms with E-state index in [9.17, 15) is 9.18 Å². The van der Waals surface area contributed by atoms with E-state index in [1.54, 1.807) is 31.0 Å². The van der Waals surface area contributed by atoms with Crippen LogP contribution in [0.2, 0.25) is 0 Å². The molecular formula is C28H22FN3O3S2. The molecule has 0 bridgehead atoms. The van der Waals surface area contributed by atoms with Gasteiger partial charge in [0.1, 0.15) is 15.8 Å². The highest BCUT2D eigenvalue weighted by Crippen LogP contribution is 2.37. The highest BCUT2D eigenvalue weighted by atomic mass is 32.2. The molecule has 1 aliphatic heterocycles. The molecule has 3 aromatic carbocycles. The van der Waals surface area contributed by atoms with Crippen molar-refractivity contribution in [1.29, 1.82) is 0 Å². The Morgan fingerprint density at radius 2 is 1.73 bits per heavy atom. The average Bonchev–Trinajstić information content (AvgIpc) is 3.46. The fourth-order valence-corrected chi connectivity index (χ4v) is 5.21. The smallest absolute Gasteiger partial charge is 0.266 e. The van der Waals surface area contributed by atoms with E-state index < -0.39 is 0 Å². The monoisotopic (exact) mass is 531 g/mol. The predicted octanol–water partition coefficient (Wildman–Crippen LogP) is 6.10. The Morgan fingerprint density at radius 3 is 2.43 bits per heavy atom. The molecule has 0 saturated carbocycles. The zero-order valence-corrected chi connectivity index (χ0v) is 21.7. The Kier molecular flexibility index (Phi) is 7.07. The lowest BCUT2D eigenvalue weighted by atomic mass is 10.1. The van der Waals surface area contributed by atoms with E-state index in [0.717, 1.165) is 22.4 Å². The molecule has 1 fully saturated rings. The van der Waals surface area contributed by atoms with E-state index in [2.05, 4.69) is 0 Å². The quantitative estimate of drug-likeness (QED) is 0.212. The number of thioether (sulfide) groups is 1. The van der Waals surface area contributed by atoms with E-state index in [4.69, 9.17) is 26.8 Å². The van der Waals surface area contributed by atoms with Crippen LogP contribution in [0.4, 0.5) is 4.39 Å². The van der Waals surface area contributed by atoms with Crippen LogP contribution in [-0.2, 0) is 11.3 Å². The van der Waals surface area contributed by atoms with Gasteiger partial charge in [-0.15, -0.1) is 0 Å². The molecule has 186 valence electrons. The molecule has 1 saturated heterocycles. The lowest BCUT2D eigenvalue weighted by molar-refractivity contribution is -0.122. The van der Waals surface area contributed by atoms with Gasteiger partial charge in [-0.3, -0.25) is 9.69 Å². The van der Waals surface area contributed by atoms with Crippen LogP contribution in [0.5, 0.6) is 11.5 Å². The number of carbonyl (C=O) groups excluding carboxylic acids is 1. The van der Waals surface area contributed by atoms with Crippen LogP contribution >= 0.6 is 24.0 Å². The normalized spacial score (nSPS) is 14.5. The molecular weight excluding hydrogens is 509 g/mol.